The van der Waals surface area contributed by atoms with Gasteiger partial charge in [0.25, 0.3) is 5.56 Å². The molecule has 0 atom stereocenters. The van der Waals surface area contributed by atoms with E-state index in [1.165, 1.54) is 4.68 Å². The van der Waals surface area contributed by atoms with E-state index in [1.54, 1.807) is 24.4 Å². The van der Waals surface area contributed by atoms with Gasteiger partial charge in [0.1, 0.15) is 5.58 Å². The Bertz CT molecular complexity index is 1770. The monoisotopic (exact) mass is 651 g/mol. The zero-order chi connectivity index (χ0) is 27.7. The maximum atomic E-state index is 13.6. The van der Waals surface area contributed by atoms with Crippen LogP contribution in [0.5, 0.6) is 11.5 Å². The van der Waals surface area contributed by atoms with Gasteiger partial charge in [0, 0.05) is 19.9 Å². The van der Waals surface area contributed by atoms with Gasteiger partial charge < -0.3 is 13.9 Å². The number of rotatable bonds is 7. The summed E-state index contributed by atoms with van der Waals surface area (Å²) >= 11 is 7.12. The van der Waals surface area contributed by atoms with Gasteiger partial charge in [-0.05, 0) is 76.8 Å². The van der Waals surface area contributed by atoms with Crippen molar-refractivity contribution in [2.75, 3.05) is 13.2 Å². The first-order chi connectivity index (χ1) is 18.6. The van der Waals surface area contributed by atoms with E-state index >= 15 is 0 Å². The molecule has 0 aliphatic rings. The van der Waals surface area contributed by atoms with E-state index in [4.69, 9.17) is 18.9 Å². The summed E-state index contributed by atoms with van der Waals surface area (Å²) in [6, 6.07) is 18.5. The lowest BCUT2D eigenvalue weighted by molar-refractivity contribution is 0.188. The fourth-order valence-corrected chi connectivity index (χ4v) is 4.76. The van der Waals surface area contributed by atoms with Crippen LogP contribution in [0.4, 0.5) is 0 Å². The molecule has 9 heteroatoms. The predicted octanol–water partition coefficient (Wildman–Crippen LogP) is 8.04. The van der Waals surface area contributed by atoms with Gasteiger partial charge in [-0.25, -0.2) is 4.98 Å². The number of para-hydroxylation sites is 1. The fraction of sp³-hybridized carbons (Fsp3) is 0.233. The van der Waals surface area contributed by atoms with Crippen molar-refractivity contribution in [1.82, 2.24) is 9.66 Å². The third-order valence-corrected chi connectivity index (χ3v) is 6.97. The van der Waals surface area contributed by atoms with Crippen LogP contribution in [-0.2, 0) is 0 Å². The average Bonchev–Trinajstić information content (AvgIpc) is 3.31. The molecule has 0 saturated heterocycles. The molecule has 0 aliphatic carbocycles. The third-order valence-electron chi connectivity index (χ3n) is 5.79. The molecular formula is C30H27Br2N3O4. The Balaban J connectivity index is 1.62. The largest absolute Gasteiger partial charge is 0.490 e. The Morgan fingerprint density at radius 2 is 1.79 bits per heavy atom. The van der Waals surface area contributed by atoms with Crippen LogP contribution in [0.1, 0.15) is 33.3 Å². The number of furan rings is 1. The molecule has 0 fully saturated rings. The Morgan fingerprint density at radius 1 is 1.03 bits per heavy atom. The molecule has 3 aromatic carbocycles. The Labute approximate surface area is 242 Å². The molecular weight excluding hydrogens is 626 g/mol. The van der Waals surface area contributed by atoms with Crippen molar-refractivity contribution < 1.29 is 13.9 Å². The van der Waals surface area contributed by atoms with E-state index in [2.05, 4.69) is 57.7 Å². The van der Waals surface area contributed by atoms with Gasteiger partial charge in [-0.15, -0.1) is 0 Å². The van der Waals surface area contributed by atoms with Crippen molar-refractivity contribution in [3.63, 3.8) is 0 Å². The standard InChI is InChI=1S/C30H27Br2N3O4/c1-5-37-25-14-19(22(32)15-26(25)38-17-30(2,3)4)16-33-35-28(34-23-9-7-6-8-21(23)29(35)36)27-13-18-12-20(31)10-11-24(18)39-27/h6-16H,5,17H2,1-4H3. The van der Waals surface area contributed by atoms with E-state index in [9.17, 15) is 4.79 Å². The number of ether oxygens (including phenoxy) is 2. The molecule has 0 amide bonds. The summed E-state index contributed by atoms with van der Waals surface area (Å²) in [5.41, 5.74) is 1.64. The molecule has 0 aliphatic heterocycles. The van der Waals surface area contributed by atoms with E-state index in [-0.39, 0.29) is 11.0 Å². The maximum Gasteiger partial charge on any atom is 0.282 e. The SMILES string of the molecule is CCOc1cc(C=Nn2c(-c3cc4cc(Br)ccc4o3)nc3ccccc3c2=O)c(Br)cc1OCC(C)(C)C. The lowest BCUT2D eigenvalue weighted by Gasteiger charge is -2.21. The van der Waals surface area contributed by atoms with Crippen LogP contribution < -0.4 is 15.0 Å². The van der Waals surface area contributed by atoms with Crippen molar-refractivity contribution in [3.05, 3.63) is 85.5 Å². The molecule has 200 valence electrons. The van der Waals surface area contributed by atoms with Crippen molar-refractivity contribution >= 4 is 59.9 Å². The number of hydrogen-bond donors (Lipinski definition) is 0. The zero-order valence-electron chi connectivity index (χ0n) is 22.0. The Morgan fingerprint density at radius 3 is 2.56 bits per heavy atom. The van der Waals surface area contributed by atoms with Crippen LogP contribution >= 0.6 is 31.9 Å². The fourth-order valence-electron chi connectivity index (χ4n) is 3.96. The summed E-state index contributed by atoms with van der Waals surface area (Å²) in [4.78, 5) is 18.4. The normalized spacial score (nSPS) is 12.1. The summed E-state index contributed by atoms with van der Waals surface area (Å²) in [6.07, 6.45) is 1.60. The van der Waals surface area contributed by atoms with Crippen molar-refractivity contribution in [2.24, 2.45) is 10.5 Å². The third kappa shape index (κ3) is 5.94. The molecule has 5 rings (SSSR count). The molecule has 0 N–H and O–H groups in total. The van der Waals surface area contributed by atoms with E-state index < -0.39 is 0 Å². The summed E-state index contributed by atoms with van der Waals surface area (Å²) < 4.78 is 20.9. The molecule has 7 nitrogen and oxygen atoms in total. The van der Waals surface area contributed by atoms with Crippen LogP contribution in [0.3, 0.4) is 0 Å². The smallest absolute Gasteiger partial charge is 0.282 e. The van der Waals surface area contributed by atoms with Gasteiger partial charge in [0.2, 0.25) is 5.82 Å². The first-order valence-corrected chi connectivity index (χ1v) is 14.1. The molecule has 0 unspecified atom stereocenters. The van der Waals surface area contributed by atoms with E-state index in [0.717, 1.165) is 14.3 Å². The molecule has 2 aromatic heterocycles. The average molecular weight is 653 g/mol. The molecule has 0 radical (unpaired) electrons. The summed E-state index contributed by atoms with van der Waals surface area (Å²) in [7, 11) is 0. The molecule has 39 heavy (non-hydrogen) atoms. The van der Waals surface area contributed by atoms with Crippen LogP contribution in [-0.4, -0.2) is 29.1 Å². The minimum absolute atomic E-state index is 0.0104. The summed E-state index contributed by atoms with van der Waals surface area (Å²) in [5, 5.41) is 5.93. The van der Waals surface area contributed by atoms with Crippen molar-refractivity contribution in [1.29, 1.82) is 0 Å². The second-order valence-electron chi connectivity index (χ2n) is 10.2. The van der Waals surface area contributed by atoms with Crippen LogP contribution in [0.2, 0.25) is 0 Å². The van der Waals surface area contributed by atoms with Gasteiger partial charge in [-0.2, -0.15) is 9.78 Å². The topological polar surface area (TPSA) is 78.9 Å². The minimum atomic E-state index is -0.306. The van der Waals surface area contributed by atoms with Crippen LogP contribution in [0, 0.1) is 5.41 Å². The number of benzene rings is 3. The minimum Gasteiger partial charge on any atom is -0.490 e. The molecule has 2 heterocycles. The lowest BCUT2D eigenvalue weighted by atomic mass is 9.99. The maximum absolute atomic E-state index is 13.6. The quantitative estimate of drug-likeness (QED) is 0.166. The first kappa shape index (κ1) is 27.1. The summed E-state index contributed by atoms with van der Waals surface area (Å²) in [5.74, 6) is 1.96. The second-order valence-corrected chi connectivity index (χ2v) is 12.0. The van der Waals surface area contributed by atoms with Gasteiger partial charge in [0.05, 0.1) is 30.3 Å². The zero-order valence-corrected chi connectivity index (χ0v) is 25.2. The molecule has 0 spiro atoms. The highest BCUT2D eigenvalue weighted by molar-refractivity contribution is 9.10. The van der Waals surface area contributed by atoms with Gasteiger partial charge >= 0.3 is 0 Å². The molecule has 5 aromatic rings. The predicted molar refractivity (Wildman–Crippen MR) is 162 cm³/mol. The van der Waals surface area contributed by atoms with E-state index in [1.807, 2.05) is 49.4 Å². The van der Waals surface area contributed by atoms with E-state index in [0.29, 0.717) is 58.3 Å². The van der Waals surface area contributed by atoms with Crippen molar-refractivity contribution in [3.8, 4) is 23.1 Å². The highest BCUT2D eigenvalue weighted by atomic mass is 79.9. The number of fused-ring (bicyclic) bond motifs is 2. The molecule has 0 bridgehead atoms. The van der Waals surface area contributed by atoms with Crippen LogP contribution in [0.15, 0.2) is 83.9 Å². The lowest BCUT2D eigenvalue weighted by Crippen LogP contribution is -2.20. The second kappa shape index (κ2) is 11.0. The summed E-state index contributed by atoms with van der Waals surface area (Å²) in [6.45, 7) is 9.25. The number of halogens is 2. The number of nitrogens with zero attached hydrogens (tertiary/aromatic N) is 3. The van der Waals surface area contributed by atoms with Gasteiger partial charge in [0.15, 0.2) is 17.3 Å². The molecule has 0 saturated carbocycles. The van der Waals surface area contributed by atoms with Crippen molar-refractivity contribution in [2.45, 2.75) is 27.7 Å². The Kier molecular flexibility index (Phi) is 7.64. The number of aromatic nitrogens is 2. The van der Waals surface area contributed by atoms with Crippen LogP contribution in [0.25, 0.3) is 33.5 Å². The number of hydrogen-bond acceptors (Lipinski definition) is 6. The highest BCUT2D eigenvalue weighted by Gasteiger charge is 2.18. The first-order valence-electron chi connectivity index (χ1n) is 12.5. The van der Waals surface area contributed by atoms with Gasteiger partial charge in [-0.3, -0.25) is 4.79 Å². The Hall–Kier alpha value is -3.43. The van der Waals surface area contributed by atoms with Gasteiger partial charge in [-0.1, -0.05) is 48.8 Å². The highest BCUT2D eigenvalue weighted by Crippen LogP contribution is 2.35.